The zero-order valence-corrected chi connectivity index (χ0v) is 9.01. The van der Waals surface area contributed by atoms with Crippen molar-refractivity contribution in [1.29, 1.82) is 0 Å². The van der Waals surface area contributed by atoms with Gasteiger partial charge in [-0.2, -0.15) is 5.10 Å². The second kappa shape index (κ2) is 4.17. The zero-order chi connectivity index (χ0) is 10.7. The lowest BCUT2D eigenvalue weighted by atomic mass is 10.2. The van der Waals surface area contributed by atoms with Crippen LogP contribution in [0.3, 0.4) is 0 Å². The molecule has 0 aliphatic heterocycles. The molecule has 0 amide bonds. The number of rotatable bonds is 3. The maximum atomic E-state index is 4.16. The molecule has 3 nitrogen and oxygen atoms in total. The maximum Gasteiger partial charge on any atom is 0.0653 e. The van der Waals surface area contributed by atoms with Gasteiger partial charge in [-0.25, -0.2) is 0 Å². The van der Waals surface area contributed by atoms with E-state index in [0.717, 1.165) is 5.69 Å². The van der Waals surface area contributed by atoms with Crippen molar-refractivity contribution in [3.63, 3.8) is 0 Å². The third kappa shape index (κ3) is 2.18. The molecule has 78 valence electrons. The first-order chi connectivity index (χ1) is 7.27. The van der Waals surface area contributed by atoms with Crippen LogP contribution in [0.4, 0.5) is 5.69 Å². The van der Waals surface area contributed by atoms with E-state index in [1.165, 1.54) is 5.69 Å². The van der Waals surface area contributed by atoms with Gasteiger partial charge in [-0.1, -0.05) is 18.2 Å². The number of anilines is 1. The van der Waals surface area contributed by atoms with Crippen LogP contribution >= 0.6 is 0 Å². The minimum absolute atomic E-state index is 0.264. The summed E-state index contributed by atoms with van der Waals surface area (Å²) in [7, 11) is 1.96. The fourth-order valence-corrected chi connectivity index (χ4v) is 1.67. The van der Waals surface area contributed by atoms with Crippen LogP contribution < -0.4 is 5.32 Å². The Hall–Kier alpha value is -1.77. The molecule has 2 rings (SSSR count). The van der Waals surface area contributed by atoms with E-state index in [2.05, 4.69) is 29.5 Å². The largest absolute Gasteiger partial charge is 0.377 e. The van der Waals surface area contributed by atoms with Crippen LogP contribution in [-0.2, 0) is 7.05 Å². The van der Waals surface area contributed by atoms with Crippen molar-refractivity contribution >= 4 is 5.69 Å². The molecule has 15 heavy (non-hydrogen) atoms. The van der Waals surface area contributed by atoms with Crippen molar-refractivity contribution in [2.45, 2.75) is 13.0 Å². The fourth-order valence-electron chi connectivity index (χ4n) is 1.67. The molecule has 0 radical (unpaired) electrons. The molecule has 0 bridgehead atoms. The molecule has 0 fully saturated rings. The Morgan fingerprint density at radius 2 is 1.93 bits per heavy atom. The second-order valence-electron chi connectivity index (χ2n) is 3.61. The van der Waals surface area contributed by atoms with Gasteiger partial charge >= 0.3 is 0 Å². The van der Waals surface area contributed by atoms with E-state index >= 15 is 0 Å². The van der Waals surface area contributed by atoms with Crippen LogP contribution in [0.15, 0.2) is 42.6 Å². The summed E-state index contributed by atoms with van der Waals surface area (Å²) in [6.45, 7) is 2.13. The first kappa shape index (κ1) is 9.77. The summed E-state index contributed by atoms with van der Waals surface area (Å²) in [5, 5.41) is 7.58. The van der Waals surface area contributed by atoms with Crippen molar-refractivity contribution in [3.8, 4) is 0 Å². The molecule has 0 saturated carbocycles. The number of nitrogens with one attached hydrogen (secondary N) is 1. The molecule has 1 atom stereocenters. The van der Waals surface area contributed by atoms with Crippen molar-refractivity contribution in [2.24, 2.45) is 7.05 Å². The van der Waals surface area contributed by atoms with Gasteiger partial charge in [-0.05, 0) is 25.1 Å². The van der Waals surface area contributed by atoms with Gasteiger partial charge in [0.25, 0.3) is 0 Å². The van der Waals surface area contributed by atoms with E-state index in [-0.39, 0.29) is 6.04 Å². The van der Waals surface area contributed by atoms with Crippen molar-refractivity contribution in [3.05, 3.63) is 48.3 Å². The number of benzene rings is 1. The maximum absolute atomic E-state index is 4.16. The number of hydrogen-bond acceptors (Lipinski definition) is 2. The average Bonchev–Trinajstić information content (AvgIpc) is 2.66. The van der Waals surface area contributed by atoms with Gasteiger partial charge in [0, 0.05) is 18.9 Å². The molecule has 1 heterocycles. The Bertz CT molecular complexity index is 419. The SMILES string of the molecule is CC(Nc1ccccc1)c1ccnn1C. The quantitative estimate of drug-likeness (QED) is 0.827. The second-order valence-corrected chi connectivity index (χ2v) is 3.61. The van der Waals surface area contributed by atoms with E-state index < -0.39 is 0 Å². The topological polar surface area (TPSA) is 29.9 Å². The molecule has 2 aromatic rings. The Morgan fingerprint density at radius 1 is 1.20 bits per heavy atom. The number of nitrogens with zero attached hydrogens (tertiary/aromatic N) is 2. The summed E-state index contributed by atoms with van der Waals surface area (Å²) in [6, 6.07) is 12.5. The lowest BCUT2D eigenvalue weighted by molar-refractivity contribution is 0.676. The van der Waals surface area contributed by atoms with Crippen LogP contribution in [0.1, 0.15) is 18.7 Å². The monoisotopic (exact) mass is 201 g/mol. The third-order valence-electron chi connectivity index (χ3n) is 2.46. The third-order valence-corrected chi connectivity index (χ3v) is 2.46. The van der Waals surface area contributed by atoms with Gasteiger partial charge in [-0.15, -0.1) is 0 Å². The molecule has 0 spiro atoms. The molecule has 1 aromatic heterocycles. The molecule has 0 aliphatic rings. The Morgan fingerprint density at radius 3 is 2.53 bits per heavy atom. The van der Waals surface area contributed by atoms with Gasteiger partial charge in [0.05, 0.1) is 11.7 Å². The highest BCUT2D eigenvalue weighted by Gasteiger charge is 2.08. The summed E-state index contributed by atoms with van der Waals surface area (Å²) in [5.74, 6) is 0. The Kier molecular flexibility index (Phi) is 2.72. The van der Waals surface area contributed by atoms with E-state index in [9.17, 15) is 0 Å². The van der Waals surface area contributed by atoms with Crippen LogP contribution in [0, 0.1) is 0 Å². The summed E-state index contributed by atoms with van der Waals surface area (Å²) in [6.07, 6.45) is 1.82. The van der Waals surface area contributed by atoms with E-state index in [1.807, 2.05) is 42.2 Å². The Labute approximate surface area is 89.7 Å². The molecule has 1 N–H and O–H groups in total. The van der Waals surface area contributed by atoms with Crippen LogP contribution in [0.5, 0.6) is 0 Å². The highest BCUT2D eigenvalue weighted by Crippen LogP contribution is 2.17. The number of para-hydroxylation sites is 1. The molecular formula is C12H15N3. The van der Waals surface area contributed by atoms with Gasteiger partial charge < -0.3 is 5.32 Å². The molecule has 3 heteroatoms. The van der Waals surface area contributed by atoms with Gasteiger partial charge in [0.15, 0.2) is 0 Å². The molecule has 0 saturated heterocycles. The zero-order valence-electron chi connectivity index (χ0n) is 9.01. The van der Waals surface area contributed by atoms with E-state index in [1.54, 1.807) is 0 Å². The smallest absolute Gasteiger partial charge is 0.0653 e. The van der Waals surface area contributed by atoms with Crippen molar-refractivity contribution < 1.29 is 0 Å². The summed E-state index contributed by atoms with van der Waals surface area (Å²) >= 11 is 0. The summed E-state index contributed by atoms with van der Waals surface area (Å²) in [4.78, 5) is 0. The normalized spacial score (nSPS) is 12.4. The van der Waals surface area contributed by atoms with E-state index in [0.29, 0.717) is 0 Å². The predicted octanol–water partition coefficient (Wildman–Crippen LogP) is 2.59. The van der Waals surface area contributed by atoms with Gasteiger partial charge in [0.1, 0.15) is 0 Å². The highest BCUT2D eigenvalue weighted by molar-refractivity contribution is 5.44. The van der Waals surface area contributed by atoms with Gasteiger partial charge in [0.2, 0.25) is 0 Å². The van der Waals surface area contributed by atoms with E-state index in [4.69, 9.17) is 0 Å². The fraction of sp³-hybridized carbons (Fsp3) is 0.250. The first-order valence-corrected chi connectivity index (χ1v) is 5.07. The summed E-state index contributed by atoms with van der Waals surface area (Å²) in [5.41, 5.74) is 2.31. The average molecular weight is 201 g/mol. The van der Waals surface area contributed by atoms with Gasteiger partial charge in [-0.3, -0.25) is 4.68 Å². The predicted molar refractivity (Wildman–Crippen MR) is 61.7 cm³/mol. The van der Waals surface area contributed by atoms with Crippen LogP contribution in [0.2, 0.25) is 0 Å². The Balaban J connectivity index is 2.11. The molecule has 1 aromatic carbocycles. The molecule has 1 unspecified atom stereocenters. The lowest BCUT2D eigenvalue weighted by Crippen LogP contribution is -2.11. The summed E-state index contributed by atoms with van der Waals surface area (Å²) < 4.78 is 1.89. The number of aryl methyl sites for hydroxylation is 1. The first-order valence-electron chi connectivity index (χ1n) is 5.07. The van der Waals surface area contributed by atoms with Crippen molar-refractivity contribution in [1.82, 2.24) is 9.78 Å². The van der Waals surface area contributed by atoms with Crippen molar-refractivity contribution in [2.75, 3.05) is 5.32 Å². The molecular weight excluding hydrogens is 186 g/mol. The van der Waals surface area contributed by atoms with Crippen LogP contribution in [0.25, 0.3) is 0 Å². The lowest BCUT2D eigenvalue weighted by Gasteiger charge is -2.15. The number of hydrogen-bond donors (Lipinski definition) is 1. The minimum atomic E-state index is 0.264. The minimum Gasteiger partial charge on any atom is -0.377 e. The highest BCUT2D eigenvalue weighted by atomic mass is 15.3. The van der Waals surface area contributed by atoms with Crippen LogP contribution in [-0.4, -0.2) is 9.78 Å². The number of aromatic nitrogens is 2. The molecule has 0 aliphatic carbocycles. The standard InChI is InChI=1S/C12H15N3/c1-10(12-8-9-13-15(12)2)14-11-6-4-3-5-7-11/h3-10,14H,1-2H3.